The number of ether oxygens (including phenoxy) is 2. The van der Waals surface area contributed by atoms with E-state index in [1.54, 1.807) is 12.5 Å². The molecular formula is C30H47NO3. The maximum atomic E-state index is 11.6. The summed E-state index contributed by atoms with van der Waals surface area (Å²) in [5, 5.41) is 3.86. The summed E-state index contributed by atoms with van der Waals surface area (Å²) in [5.41, 5.74) is 3.96. The first-order chi connectivity index (χ1) is 16.2. The van der Waals surface area contributed by atoms with Crippen LogP contribution in [-0.2, 0) is 14.3 Å². The third-order valence-corrected chi connectivity index (χ3v) is 11.9. The molecule has 1 N–H and O–H groups in total. The van der Waals surface area contributed by atoms with Crippen LogP contribution in [0.3, 0.4) is 0 Å². The molecule has 1 unspecified atom stereocenters. The summed E-state index contributed by atoms with van der Waals surface area (Å²) in [6, 6.07) is 0.543. The monoisotopic (exact) mass is 469 g/mol. The van der Waals surface area contributed by atoms with Gasteiger partial charge >= 0.3 is 5.97 Å². The molecule has 4 heteroatoms. The maximum absolute atomic E-state index is 11.6. The van der Waals surface area contributed by atoms with E-state index in [0.717, 1.165) is 55.4 Å². The Morgan fingerprint density at radius 1 is 1.12 bits per heavy atom. The standard InChI is InChI=1S/C30H47NO3/c1-17-12-27-28(31-16-17)19(3)30(34-27)11-9-23-24-7-6-21-13-22(33-20(4)32)8-10-29(21,5)26(24)14-25(23)18(2)15-30/h17,19,21-24,26-28,31H,6-16H2,1-5H3/t17-,19+,21+,22?,23-,24-,26-,27+,28-,29-,30-/m0/s1. The van der Waals surface area contributed by atoms with Crippen molar-refractivity contribution in [1.82, 2.24) is 5.32 Å². The quantitative estimate of drug-likeness (QED) is 0.375. The number of nitrogens with one attached hydrogen (secondary N) is 1. The highest BCUT2D eigenvalue weighted by molar-refractivity contribution is 5.66. The van der Waals surface area contributed by atoms with Crippen molar-refractivity contribution in [2.45, 2.75) is 123 Å². The van der Waals surface area contributed by atoms with Crippen LogP contribution in [0.5, 0.6) is 0 Å². The molecule has 4 aliphatic carbocycles. The van der Waals surface area contributed by atoms with Crippen LogP contribution in [0.4, 0.5) is 0 Å². The van der Waals surface area contributed by atoms with Crippen LogP contribution in [0.2, 0.25) is 0 Å². The number of hydrogen-bond donors (Lipinski definition) is 1. The van der Waals surface area contributed by atoms with Gasteiger partial charge < -0.3 is 14.8 Å². The van der Waals surface area contributed by atoms with E-state index in [2.05, 4.69) is 33.0 Å². The highest BCUT2D eigenvalue weighted by atomic mass is 16.5. The Morgan fingerprint density at radius 3 is 2.74 bits per heavy atom. The molecule has 190 valence electrons. The van der Waals surface area contributed by atoms with Crippen LogP contribution in [0.15, 0.2) is 11.1 Å². The van der Waals surface area contributed by atoms with E-state index in [9.17, 15) is 4.79 Å². The van der Waals surface area contributed by atoms with Gasteiger partial charge in [-0.3, -0.25) is 4.79 Å². The summed E-state index contributed by atoms with van der Waals surface area (Å²) >= 11 is 0. The predicted octanol–water partition coefficient (Wildman–Crippen LogP) is 6.04. The molecule has 2 saturated heterocycles. The van der Waals surface area contributed by atoms with Crippen molar-refractivity contribution in [1.29, 1.82) is 0 Å². The average Bonchev–Trinajstić information content (AvgIpc) is 3.24. The topological polar surface area (TPSA) is 47.6 Å². The van der Waals surface area contributed by atoms with Crippen molar-refractivity contribution in [2.75, 3.05) is 6.54 Å². The van der Waals surface area contributed by atoms with Gasteiger partial charge in [-0.2, -0.15) is 0 Å². The van der Waals surface area contributed by atoms with Gasteiger partial charge in [0.05, 0.1) is 11.7 Å². The van der Waals surface area contributed by atoms with Gasteiger partial charge in [-0.1, -0.05) is 31.9 Å². The lowest BCUT2D eigenvalue weighted by atomic mass is 9.52. The summed E-state index contributed by atoms with van der Waals surface area (Å²) < 4.78 is 12.7. The highest BCUT2D eigenvalue weighted by Crippen LogP contribution is 2.65. The molecule has 3 saturated carbocycles. The zero-order valence-corrected chi connectivity index (χ0v) is 22.2. The normalized spacial score (nSPS) is 52.4. The minimum atomic E-state index is -0.104. The van der Waals surface area contributed by atoms with Gasteiger partial charge in [0.2, 0.25) is 0 Å². The van der Waals surface area contributed by atoms with Crippen LogP contribution in [-0.4, -0.2) is 36.4 Å². The summed E-state index contributed by atoms with van der Waals surface area (Å²) in [7, 11) is 0. The Balaban J connectivity index is 1.23. The van der Waals surface area contributed by atoms with Crippen LogP contribution < -0.4 is 5.32 Å². The molecule has 34 heavy (non-hydrogen) atoms. The molecule has 0 amide bonds. The fourth-order valence-corrected chi connectivity index (χ4v) is 10.1. The van der Waals surface area contributed by atoms with E-state index >= 15 is 0 Å². The third-order valence-electron chi connectivity index (χ3n) is 11.9. The lowest BCUT2D eigenvalue weighted by Crippen LogP contribution is -2.48. The Bertz CT molecular complexity index is 867. The van der Waals surface area contributed by atoms with Crippen molar-refractivity contribution in [3.63, 3.8) is 0 Å². The molecule has 0 bridgehead atoms. The maximum Gasteiger partial charge on any atom is 0.302 e. The molecule has 6 aliphatic rings. The largest absolute Gasteiger partial charge is 0.463 e. The van der Waals surface area contributed by atoms with Gasteiger partial charge in [-0.15, -0.1) is 0 Å². The predicted molar refractivity (Wildman–Crippen MR) is 134 cm³/mol. The molecule has 0 aromatic rings. The van der Waals surface area contributed by atoms with Gasteiger partial charge in [0, 0.05) is 18.9 Å². The Morgan fingerprint density at radius 2 is 1.94 bits per heavy atom. The van der Waals surface area contributed by atoms with Crippen LogP contribution in [0.25, 0.3) is 0 Å². The van der Waals surface area contributed by atoms with Gasteiger partial charge in [0.15, 0.2) is 0 Å². The first kappa shape index (κ1) is 23.5. The third kappa shape index (κ3) is 3.56. The van der Waals surface area contributed by atoms with Crippen molar-refractivity contribution >= 4 is 5.97 Å². The minimum Gasteiger partial charge on any atom is -0.463 e. The van der Waals surface area contributed by atoms with Crippen LogP contribution in [0, 0.1) is 40.9 Å². The molecular weight excluding hydrogens is 422 g/mol. The second kappa shape index (κ2) is 8.33. The number of fused-ring (bicyclic) bond motifs is 6. The Labute approximate surface area is 207 Å². The number of piperidine rings is 1. The molecule has 2 heterocycles. The molecule has 6 rings (SSSR count). The zero-order valence-electron chi connectivity index (χ0n) is 22.2. The smallest absolute Gasteiger partial charge is 0.302 e. The van der Waals surface area contributed by atoms with Gasteiger partial charge in [-0.05, 0) is 113 Å². The fraction of sp³-hybridized carbons (Fsp3) is 0.900. The van der Waals surface area contributed by atoms with E-state index in [1.165, 1.54) is 44.9 Å². The lowest BCUT2D eigenvalue weighted by Gasteiger charge is -2.54. The lowest BCUT2D eigenvalue weighted by molar-refractivity contribution is -0.154. The minimum absolute atomic E-state index is 0.0481. The van der Waals surface area contributed by atoms with Crippen LogP contribution in [0.1, 0.15) is 98.8 Å². The molecule has 0 radical (unpaired) electrons. The molecule has 1 spiro atoms. The summed E-state index contributed by atoms with van der Waals surface area (Å²) in [6.07, 6.45) is 12.9. The number of rotatable bonds is 1. The summed E-state index contributed by atoms with van der Waals surface area (Å²) in [6.45, 7) is 12.6. The van der Waals surface area contributed by atoms with Gasteiger partial charge in [-0.25, -0.2) is 0 Å². The van der Waals surface area contributed by atoms with Crippen molar-refractivity contribution in [3.05, 3.63) is 11.1 Å². The highest BCUT2D eigenvalue weighted by Gasteiger charge is 2.59. The molecule has 2 aliphatic heterocycles. The number of carbonyl (C=O) groups excluding carboxylic acids is 1. The molecule has 11 atom stereocenters. The van der Waals surface area contributed by atoms with Crippen LogP contribution >= 0.6 is 0 Å². The first-order valence-electron chi connectivity index (χ1n) is 14.5. The van der Waals surface area contributed by atoms with E-state index < -0.39 is 0 Å². The first-order valence-corrected chi connectivity index (χ1v) is 14.5. The number of esters is 1. The number of carbonyl (C=O) groups is 1. The average molecular weight is 470 g/mol. The molecule has 5 fully saturated rings. The van der Waals surface area contributed by atoms with Crippen molar-refractivity contribution in [3.8, 4) is 0 Å². The SMILES string of the molecule is CC(=O)OC1CC[C@@]2(C)[C@H](CC[C@H]3[C@@H]4CC[C@@]5(CC(C)=C4C[C@@H]32)O[C@@H]2C[C@H](C)CN[C@H]2[C@H]5C)C1. The molecule has 0 aromatic carbocycles. The van der Waals surface area contributed by atoms with E-state index in [0.29, 0.717) is 23.5 Å². The van der Waals surface area contributed by atoms with E-state index in [1.807, 2.05) is 5.57 Å². The number of hydrogen-bond acceptors (Lipinski definition) is 4. The van der Waals surface area contributed by atoms with Crippen molar-refractivity contribution in [2.24, 2.45) is 40.9 Å². The summed E-state index contributed by atoms with van der Waals surface area (Å²) in [5.74, 6) is 4.38. The fourth-order valence-electron chi connectivity index (χ4n) is 10.1. The molecule has 0 aromatic heterocycles. The Hall–Kier alpha value is -0.870. The van der Waals surface area contributed by atoms with E-state index in [4.69, 9.17) is 9.47 Å². The Kier molecular flexibility index (Phi) is 5.76. The van der Waals surface area contributed by atoms with Crippen molar-refractivity contribution < 1.29 is 14.3 Å². The van der Waals surface area contributed by atoms with Gasteiger partial charge in [0.25, 0.3) is 0 Å². The molecule has 4 nitrogen and oxygen atoms in total. The number of allylic oxidation sites excluding steroid dienone is 1. The second-order valence-corrected chi connectivity index (χ2v) is 13.7. The van der Waals surface area contributed by atoms with Gasteiger partial charge in [0.1, 0.15) is 6.10 Å². The second-order valence-electron chi connectivity index (χ2n) is 13.7. The zero-order chi connectivity index (χ0) is 23.8. The van der Waals surface area contributed by atoms with E-state index in [-0.39, 0.29) is 17.7 Å². The summed E-state index contributed by atoms with van der Waals surface area (Å²) in [4.78, 5) is 11.6.